The Hall–Kier alpha value is -1.02. The highest BCUT2D eigenvalue weighted by atomic mass is 15.2. The van der Waals surface area contributed by atoms with Crippen molar-refractivity contribution in [1.82, 2.24) is 0 Å². The van der Waals surface area contributed by atoms with E-state index >= 15 is 0 Å². The molecule has 2 unspecified atom stereocenters. The second-order valence-electron chi connectivity index (χ2n) is 5.28. The fraction of sp³-hybridized carbons (Fsp3) is 0.600. The van der Waals surface area contributed by atoms with E-state index in [1.807, 2.05) is 6.92 Å². The molecule has 0 bridgehead atoms. The summed E-state index contributed by atoms with van der Waals surface area (Å²) < 4.78 is 0. The highest BCUT2D eigenvalue weighted by molar-refractivity contribution is 5.50. The van der Waals surface area contributed by atoms with Crippen LogP contribution in [0.3, 0.4) is 0 Å². The van der Waals surface area contributed by atoms with E-state index < -0.39 is 0 Å². The topological polar surface area (TPSA) is 29.3 Å². The molecule has 1 aromatic rings. The first-order chi connectivity index (χ1) is 8.13. The molecule has 0 aromatic heterocycles. The van der Waals surface area contributed by atoms with Crippen molar-refractivity contribution < 1.29 is 0 Å². The molecule has 1 saturated heterocycles. The third-order valence-electron chi connectivity index (χ3n) is 3.97. The summed E-state index contributed by atoms with van der Waals surface area (Å²) in [5.41, 5.74) is 8.45. The lowest BCUT2D eigenvalue weighted by atomic mass is 10.1. The maximum atomic E-state index is 5.88. The average Bonchev–Trinajstić information content (AvgIpc) is 2.70. The van der Waals surface area contributed by atoms with Crippen LogP contribution in [-0.2, 0) is 0 Å². The van der Waals surface area contributed by atoms with Crippen molar-refractivity contribution in [2.45, 2.75) is 58.2 Å². The van der Waals surface area contributed by atoms with Crippen molar-refractivity contribution in [2.24, 2.45) is 5.73 Å². The number of rotatable bonds is 3. The molecular formula is C15H24N2. The summed E-state index contributed by atoms with van der Waals surface area (Å²) in [4.78, 5) is 2.57. The van der Waals surface area contributed by atoms with Gasteiger partial charge in [-0.25, -0.2) is 0 Å². The Bertz CT molecular complexity index is 356. The molecule has 2 N–H and O–H groups in total. The van der Waals surface area contributed by atoms with Crippen LogP contribution in [-0.4, -0.2) is 12.1 Å². The van der Waals surface area contributed by atoms with Crippen molar-refractivity contribution in [2.75, 3.05) is 4.90 Å². The molecule has 0 radical (unpaired) electrons. The van der Waals surface area contributed by atoms with Crippen molar-refractivity contribution in [1.29, 1.82) is 0 Å². The molecule has 2 heteroatoms. The maximum Gasteiger partial charge on any atom is 0.0371 e. The van der Waals surface area contributed by atoms with E-state index in [2.05, 4.69) is 43.0 Å². The quantitative estimate of drug-likeness (QED) is 0.864. The fourth-order valence-corrected chi connectivity index (χ4v) is 2.89. The molecule has 1 aliphatic heterocycles. The van der Waals surface area contributed by atoms with Gasteiger partial charge in [-0.1, -0.05) is 19.1 Å². The predicted octanol–water partition coefficient (Wildman–Crippen LogP) is 3.47. The van der Waals surface area contributed by atoms with Gasteiger partial charge in [0.25, 0.3) is 0 Å². The number of hydrogen-bond donors (Lipinski definition) is 1. The maximum absolute atomic E-state index is 5.88. The number of nitrogens with two attached hydrogens (primary N) is 1. The van der Waals surface area contributed by atoms with Crippen LogP contribution < -0.4 is 10.6 Å². The van der Waals surface area contributed by atoms with E-state index in [4.69, 9.17) is 5.73 Å². The number of anilines is 1. The lowest BCUT2D eigenvalue weighted by Gasteiger charge is -2.30. The first-order valence-electron chi connectivity index (χ1n) is 6.77. The normalized spacial score (nSPS) is 26.2. The largest absolute Gasteiger partial charge is 0.366 e. The van der Waals surface area contributed by atoms with E-state index in [0.717, 1.165) is 0 Å². The van der Waals surface area contributed by atoms with Crippen LogP contribution in [0.1, 0.15) is 51.6 Å². The van der Waals surface area contributed by atoms with Gasteiger partial charge >= 0.3 is 0 Å². The molecule has 1 heterocycles. The fourth-order valence-electron chi connectivity index (χ4n) is 2.89. The van der Waals surface area contributed by atoms with Crippen molar-refractivity contribution >= 4 is 5.69 Å². The van der Waals surface area contributed by atoms with E-state index in [1.54, 1.807) is 0 Å². The van der Waals surface area contributed by atoms with Gasteiger partial charge in [0.2, 0.25) is 0 Å². The van der Waals surface area contributed by atoms with Crippen LogP contribution >= 0.6 is 0 Å². The Morgan fingerprint density at radius 3 is 2.47 bits per heavy atom. The summed E-state index contributed by atoms with van der Waals surface area (Å²) in [6.45, 7) is 6.64. The number of hydrogen-bond acceptors (Lipinski definition) is 2. The van der Waals surface area contributed by atoms with Gasteiger partial charge in [-0.2, -0.15) is 0 Å². The molecular weight excluding hydrogens is 208 g/mol. The van der Waals surface area contributed by atoms with E-state index in [0.29, 0.717) is 12.1 Å². The number of nitrogens with zero attached hydrogens (tertiary/aromatic N) is 1. The Kier molecular flexibility index (Phi) is 3.72. The van der Waals surface area contributed by atoms with E-state index in [1.165, 1.54) is 30.5 Å². The molecule has 2 nitrogen and oxygen atoms in total. The van der Waals surface area contributed by atoms with Gasteiger partial charge < -0.3 is 10.6 Å². The zero-order chi connectivity index (χ0) is 12.4. The Labute approximate surface area is 105 Å². The lowest BCUT2D eigenvalue weighted by Crippen LogP contribution is -2.34. The smallest absolute Gasteiger partial charge is 0.0371 e. The van der Waals surface area contributed by atoms with Crippen LogP contribution in [0.4, 0.5) is 5.69 Å². The predicted molar refractivity (Wildman–Crippen MR) is 74.3 cm³/mol. The van der Waals surface area contributed by atoms with E-state index in [9.17, 15) is 0 Å². The van der Waals surface area contributed by atoms with Crippen molar-refractivity contribution in [3.8, 4) is 0 Å². The summed E-state index contributed by atoms with van der Waals surface area (Å²) in [5.74, 6) is 0. The zero-order valence-electron chi connectivity index (χ0n) is 11.2. The molecule has 0 spiro atoms. The third kappa shape index (κ3) is 2.47. The molecule has 1 fully saturated rings. The molecule has 1 aromatic carbocycles. The first-order valence-corrected chi connectivity index (χ1v) is 6.77. The third-order valence-corrected chi connectivity index (χ3v) is 3.97. The summed E-state index contributed by atoms with van der Waals surface area (Å²) in [7, 11) is 0. The summed E-state index contributed by atoms with van der Waals surface area (Å²) in [6, 6.07) is 10.3. The molecule has 0 saturated carbocycles. The zero-order valence-corrected chi connectivity index (χ0v) is 11.2. The molecule has 0 amide bonds. The molecule has 0 aliphatic carbocycles. The Balaban J connectivity index is 2.21. The molecule has 2 rings (SSSR count). The first kappa shape index (κ1) is 12.4. The number of benzene rings is 1. The minimum atomic E-state index is 0.127. The summed E-state index contributed by atoms with van der Waals surface area (Å²) in [5, 5.41) is 0. The van der Waals surface area contributed by atoms with Gasteiger partial charge in [-0.3, -0.25) is 0 Å². The molecule has 1 aliphatic rings. The van der Waals surface area contributed by atoms with Gasteiger partial charge in [0, 0.05) is 23.8 Å². The van der Waals surface area contributed by atoms with Crippen LogP contribution in [0.15, 0.2) is 24.3 Å². The Morgan fingerprint density at radius 1 is 1.29 bits per heavy atom. The van der Waals surface area contributed by atoms with Gasteiger partial charge in [0.1, 0.15) is 0 Å². The van der Waals surface area contributed by atoms with Gasteiger partial charge in [-0.05, 0) is 50.8 Å². The Morgan fingerprint density at radius 2 is 1.94 bits per heavy atom. The van der Waals surface area contributed by atoms with E-state index in [-0.39, 0.29) is 6.04 Å². The second kappa shape index (κ2) is 5.09. The standard InChI is InChI=1S/C15H24N2/c1-4-14-8-5-11(2)17(14)15-9-6-13(7-10-15)12(3)16/h6-7,9-12,14H,4-5,8,16H2,1-3H3/t11?,12-,14?/m1/s1. The minimum Gasteiger partial charge on any atom is -0.366 e. The minimum absolute atomic E-state index is 0.127. The highest BCUT2D eigenvalue weighted by Gasteiger charge is 2.29. The summed E-state index contributed by atoms with van der Waals surface area (Å²) in [6.07, 6.45) is 3.87. The van der Waals surface area contributed by atoms with Gasteiger partial charge in [-0.15, -0.1) is 0 Å². The van der Waals surface area contributed by atoms with Crippen LogP contribution in [0.2, 0.25) is 0 Å². The average molecular weight is 232 g/mol. The van der Waals surface area contributed by atoms with Crippen LogP contribution in [0, 0.1) is 0 Å². The van der Waals surface area contributed by atoms with Crippen molar-refractivity contribution in [3.63, 3.8) is 0 Å². The van der Waals surface area contributed by atoms with Gasteiger partial charge in [0.05, 0.1) is 0 Å². The second-order valence-corrected chi connectivity index (χ2v) is 5.28. The lowest BCUT2D eigenvalue weighted by molar-refractivity contribution is 0.628. The molecule has 17 heavy (non-hydrogen) atoms. The van der Waals surface area contributed by atoms with Crippen LogP contribution in [0.5, 0.6) is 0 Å². The van der Waals surface area contributed by atoms with Crippen molar-refractivity contribution in [3.05, 3.63) is 29.8 Å². The van der Waals surface area contributed by atoms with Gasteiger partial charge in [0.15, 0.2) is 0 Å². The SMILES string of the molecule is CCC1CCC(C)N1c1ccc([C@@H](C)N)cc1. The summed E-state index contributed by atoms with van der Waals surface area (Å²) >= 11 is 0. The van der Waals surface area contributed by atoms with Crippen LogP contribution in [0.25, 0.3) is 0 Å². The molecule has 3 atom stereocenters. The molecule has 94 valence electrons. The monoisotopic (exact) mass is 232 g/mol. The highest BCUT2D eigenvalue weighted by Crippen LogP contribution is 2.32.